The maximum atomic E-state index is 12.7. The molecular formula is C10H12F2. The van der Waals surface area contributed by atoms with Crippen molar-refractivity contribution in [1.29, 1.82) is 0 Å². The minimum absolute atomic E-state index is 0.590. The molecule has 1 aliphatic carbocycles. The molecule has 0 heterocycles. The molecule has 0 radical (unpaired) electrons. The van der Waals surface area contributed by atoms with Crippen molar-refractivity contribution in [3.05, 3.63) is 36.5 Å². The molecule has 0 aromatic carbocycles. The highest BCUT2D eigenvalue weighted by atomic mass is 19.2. The number of allylic oxidation sites excluding steroid dienone is 5. The molecule has 0 aromatic heterocycles. The number of hydrogen-bond acceptors (Lipinski definition) is 0. The van der Waals surface area contributed by atoms with Crippen LogP contribution in [0.25, 0.3) is 0 Å². The van der Waals surface area contributed by atoms with E-state index in [1.165, 1.54) is 12.2 Å². The van der Waals surface area contributed by atoms with Crippen molar-refractivity contribution in [2.24, 2.45) is 5.92 Å². The first kappa shape index (κ1) is 9.17. The fourth-order valence-electron chi connectivity index (χ4n) is 0.904. The molecule has 0 N–H and O–H groups in total. The SMILES string of the molecule is C=C/C=C(F)\C(F)=C/CC1CC1. The van der Waals surface area contributed by atoms with Crippen LogP contribution in [0.15, 0.2) is 36.5 Å². The van der Waals surface area contributed by atoms with Gasteiger partial charge < -0.3 is 0 Å². The first-order valence-electron chi connectivity index (χ1n) is 4.08. The third-order valence-corrected chi connectivity index (χ3v) is 1.82. The van der Waals surface area contributed by atoms with Gasteiger partial charge >= 0.3 is 0 Å². The minimum Gasteiger partial charge on any atom is -0.204 e. The van der Waals surface area contributed by atoms with E-state index in [0.29, 0.717) is 12.3 Å². The van der Waals surface area contributed by atoms with Gasteiger partial charge in [0.25, 0.3) is 0 Å². The molecule has 0 aliphatic heterocycles. The Kier molecular flexibility index (Phi) is 3.20. The molecule has 66 valence electrons. The van der Waals surface area contributed by atoms with Crippen LogP contribution < -0.4 is 0 Å². The fraction of sp³-hybridized carbons (Fsp3) is 0.400. The maximum Gasteiger partial charge on any atom is 0.158 e. The summed E-state index contributed by atoms with van der Waals surface area (Å²) in [5.74, 6) is -1.00. The van der Waals surface area contributed by atoms with Crippen molar-refractivity contribution in [3.8, 4) is 0 Å². The molecule has 0 nitrogen and oxygen atoms in total. The molecule has 0 unspecified atom stereocenters. The zero-order chi connectivity index (χ0) is 8.97. The standard InChI is InChI=1S/C10H12F2/c1-2-3-9(11)10(12)7-6-8-4-5-8/h2-3,7-8H,1,4-6H2/b9-3+,10-7+. The Bertz CT molecular complexity index is 222. The predicted octanol–water partition coefficient (Wildman–Crippen LogP) is 3.68. The van der Waals surface area contributed by atoms with E-state index in [4.69, 9.17) is 0 Å². The molecule has 2 heteroatoms. The third-order valence-electron chi connectivity index (χ3n) is 1.82. The minimum atomic E-state index is -0.828. The van der Waals surface area contributed by atoms with Crippen LogP contribution in [-0.2, 0) is 0 Å². The van der Waals surface area contributed by atoms with E-state index in [9.17, 15) is 8.78 Å². The average Bonchev–Trinajstić information content (AvgIpc) is 2.83. The van der Waals surface area contributed by atoms with Gasteiger partial charge in [-0.2, -0.15) is 0 Å². The topological polar surface area (TPSA) is 0 Å². The highest BCUT2D eigenvalue weighted by Gasteiger charge is 2.20. The first-order chi connectivity index (χ1) is 5.74. The molecule has 0 bridgehead atoms. The van der Waals surface area contributed by atoms with Crippen LogP contribution in [0, 0.1) is 5.92 Å². The van der Waals surface area contributed by atoms with E-state index in [0.717, 1.165) is 18.9 Å². The summed E-state index contributed by atoms with van der Waals surface area (Å²) in [5.41, 5.74) is 0. The molecule has 1 rings (SSSR count). The lowest BCUT2D eigenvalue weighted by Gasteiger charge is -1.91. The van der Waals surface area contributed by atoms with Gasteiger partial charge in [0.15, 0.2) is 11.7 Å². The molecule has 0 aromatic rings. The number of rotatable bonds is 4. The molecule has 1 fully saturated rings. The second-order valence-electron chi connectivity index (χ2n) is 2.98. The van der Waals surface area contributed by atoms with Crippen LogP contribution in [-0.4, -0.2) is 0 Å². The van der Waals surface area contributed by atoms with Crippen LogP contribution in [0.2, 0.25) is 0 Å². The summed E-state index contributed by atoms with van der Waals surface area (Å²) < 4.78 is 25.4. The normalized spacial score (nSPS) is 19.5. The van der Waals surface area contributed by atoms with Gasteiger partial charge in [0.2, 0.25) is 0 Å². The Morgan fingerprint density at radius 2 is 2.00 bits per heavy atom. The molecule has 0 amide bonds. The van der Waals surface area contributed by atoms with Crippen molar-refractivity contribution >= 4 is 0 Å². The van der Waals surface area contributed by atoms with Gasteiger partial charge in [-0.05, 0) is 37.3 Å². The predicted molar refractivity (Wildman–Crippen MR) is 45.9 cm³/mol. The third kappa shape index (κ3) is 2.99. The van der Waals surface area contributed by atoms with Crippen LogP contribution in [0.4, 0.5) is 8.78 Å². The Morgan fingerprint density at radius 1 is 1.33 bits per heavy atom. The zero-order valence-electron chi connectivity index (χ0n) is 6.89. The Morgan fingerprint density at radius 3 is 2.50 bits per heavy atom. The molecule has 1 saturated carbocycles. The van der Waals surface area contributed by atoms with Gasteiger partial charge in [0, 0.05) is 0 Å². The van der Waals surface area contributed by atoms with E-state index < -0.39 is 11.7 Å². The van der Waals surface area contributed by atoms with Gasteiger partial charge in [-0.15, -0.1) is 0 Å². The van der Waals surface area contributed by atoms with Gasteiger partial charge in [-0.25, -0.2) is 8.78 Å². The van der Waals surface area contributed by atoms with Crippen LogP contribution >= 0.6 is 0 Å². The second-order valence-corrected chi connectivity index (χ2v) is 2.98. The van der Waals surface area contributed by atoms with Crippen LogP contribution in [0.1, 0.15) is 19.3 Å². The zero-order valence-corrected chi connectivity index (χ0v) is 6.89. The lowest BCUT2D eigenvalue weighted by Crippen LogP contribution is -1.77. The van der Waals surface area contributed by atoms with E-state index in [1.54, 1.807) is 0 Å². The molecule has 0 spiro atoms. The molecule has 12 heavy (non-hydrogen) atoms. The van der Waals surface area contributed by atoms with Gasteiger partial charge in [-0.1, -0.05) is 12.7 Å². The summed E-state index contributed by atoms with van der Waals surface area (Å²) in [6, 6.07) is 0. The summed E-state index contributed by atoms with van der Waals surface area (Å²) in [4.78, 5) is 0. The summed E-state index contributed by atoms with van der Waals surface area (Å²) in [5, 5.41) is 0. The highest BCUT2D eigenvalue weighted by molar-refractivity contribution is 5.22. The molecule has 1 aliphatic rings. The maximum absolute atomic E-state index is 12.7. The van der Waals surface area contributed by atoms with E-state index >= 15 is 0 Å². The summed E-state index contributed by atoms with van der Waals surface area (Å²) in [6.07, 6.45) is 6.53. The summed E-state index contributed by atoms with van der Waals surface area (Å²) in [7, 11) is 0. The Balaban J connectivity index is 2.42. The van der Waals surface area contributed by atoms with E-state index in [1.807, 2.05) is 0 Å². The number of halogens is 2. The first-order valence-corrected chi connectivity index (χ1v) is 4.08. The van der Waals surface area contributed by atoms with Crippen LogP contribution in [0.5, 0.6) is 0 Å². The van der Waals surface area contributed by atoms with Crippen molar-refractivity contribution in [2.45, 2.75) is 19.3 Å². The summed E-state index contributed by atoms with van der Waals surface area (Å²) in [6.45, 7) is 3.28. The van der Waals surface area contributed by atoms with Crippen molar-refractivity contribution in [3.63, 3.8) is 0 Å². The van der Waals surface area contributed by atoms with Gasteiger partial charge in [0.1, 0.15) is 0 Å². The average molecular weight is 170 g/mol. The molecular weight excluding hydrogens is 158 g/mol. The van der Waals surface area contributed by atoms with E-state index in [-0.39, 0.29) is 0 Å². The smallest absolute Gasteiger partial charge is 0.158 e. The van der Waals surface area contributed by atoms with Crippen molar-refractivity contribution < 1.29 is 8.78 Å². The Labute approximate surface area is 71.3 Å². The molecule has 0 saturated heterocycles. The monoisotopic (exact) mass is 170 g/mol. The lowest BCUT2D eigenvalue weighted by molar-refractivity contribution is 0.540. The molecule has 0 atom stereocenters. The van der Waals surface area contributed by atoms with Crippen molar-refractivity contribution in [2.75, 3.05) is 0 Å². The largest absolute Gasteiger partial charge is 0.204 e. The second kappa shape index (κ2) is 4.19. The van der Waals surface area contributed by atoms with Gasteiger partial charge in [0.05, 0.1) is 0 Å². The van der Waals surface area contributed by atoms with Crippen LogP contribution in [0.3, 0.4) is 0 Å². The quantitative estimate of drug-likeness (QED) is 0.564. The van der Waals surface area contributed by atoms with E-state index in [2.05, 4.69) is 6.58 Å². The Hall–Kier alpha value is -0.920. The van der Waals surface area contributed by atoms with Crippen molar-refractivity contribution in [1.82, 2.24) is 0 Å². The lowest BCUT2D eigenvalue weighted by atomic mass is 10.2. The van der Waals surface area contributed by atoms with Gasteiger partial charge in [-0.3, -0.25) is 0 Å². The summed E-state index contributed by atoms with van der Waals surface area (Å²) >= 11 is 0. The number of hydrogen-bond donors (Lipinski definition) is 0. The highest BCUT2D eigenvalue weighted by Crippen LogP contribution is 2.33. The fourth-order valence-corrected chi connectivity index (χ4v) is 0.904.